The Bertz CT molecular complexity index is 428. The van der Waals surface area contributed by atoms with Crippen LogP contribution in [0, 0.1) is 0 Å². The average molecular weight is 249 g/mol. The lowest BCUT2D eigenvalue weighted by Crippen LogP contribution is -2.18. The molecule has 0 aliphatic rings. The molecule has 5 heteroatoms. The van der Waals surface area contributed by atoms with Crippen molar-refractivity contribution in [2.75, 3.05) is 18.5 Å². The van der Waals surface area contributed by atoms with Gasteiger partial charge in [-0.2, -0.15) is 0 Å². The number of carbonyl (C=O) groups is 2. The number of rotatable bonds is 5. The van der Waals surface area contributed by atoms with Gasteiger partial charge in [-0.25, -0.2) is 9.59 Å². The van der Waals surface area contributed by atoms with Gasteiger partial charge in [0.05, 0.1) is 0 Å². The molecule has 0 spiro atoms. The van der Waals surface area contributed by atoms with E-state index in [1.165, 1.54) is 0 Å². The number of nitrogens with one attached hydrogen (secondary N) is 1. The molecule has 0 heterocycles. The number of ether oxygens (including phenoxy) is 2. The van der Waals surface area contributed by atoms with Gasteiger partial charge in [0.1, 0.15) is 13.2 Å². The van der Waals surface area contributed by atoms with Crippen molar-refractivity contribution in [2.45, 2.75) is 6.92 Å². The van der Waals surface area contributed by atoms with Crippen molar-refractivity contribution in [2.24, 2.45) is 0 Å². The van der Waals surface area contributed by atoms with Crippen LogP contribution in [-0.4, -0.2) is 25.3 Å². The Labute approximate surface area is 105 Å². The molecular formula is C13H15NO4. The molecule has 5 nitrogen and oxygen atoms in total. The summed E-state index contributed by atoms with van der Waals surface area (Å²) in [6.45, 7) is 4.98. The van der Waals surface area contributed by atoms with E-state index in [9.17, 15) is 9.59 Å². The Morgan fingerprint density at radius 3 is 2.39 bits per heavy atom. The molecule has 0 saturated heterocycles. The first-order valence-corrected chi connectivity index (χ1v) is 5.41. The van der Waals surface area contributed by atoms with E-state index in [-0.39, 0.29) is 13.2 Å². The molecule has 0 atom stereocenters. The Morgan fingerprint density at radius 2 is 1.78 bits per heavy atom. The van der Waals surface area contributed by atoms with Crippen molar-refractivity contribution in [3.05, 3.63) is 42.5 Å². The van der Waals surface area contributed by atoms with Gasteiger partial charge in [-0.3, -0.25) is 5.32 Å². The predicted octanol–water partition coefficient (Wildman–Crippen LogP) is 2.35. The lowest BCUT2D eigenvalue weighted by Gasteiger charge is -2.07. The number of para-hydroxylation sites is 1. The molecule has 0 aliphatic heterocycles. The van der Waals surface area contributed by atoms with E-state index < -0.39 is 12.1 Å². The van der Waals surface area contributed by atoms with E-state index in [0.717, 1.165) is 0 Å². The van der Waals surface area contributed by atoms with Crippen LogP contribution in [0.4, 0.5) is 10.5 Å². The Hall–Kier alpha value is -2.30. The summed E-state index contributed by atoms with van der Waals surface area (Å²) >= 11 is 0. The van der Waals surface area contributed by atoms with Crippen LogP contribution in [0.5, 0.6) is 0 Å². The van der Waals surface area contributed by atoms with E-state index in [0.29, 0.717) is 11.3 Å². The number of esters is 1. The second kappa shape index (κ2) is 7.11. The maximum atomic E-state index is 11.3. The summed E-state index contributed by atoms with van der Waals surface area (Å²) in [5.41, 5.74) is 0.949. The first-order chi connectivity index (χ1) is 8.59. The summed E-state index contributed by atoms with van der Waals surface area (Å²) in [5.74, 6) is -0.498. The van der Waals surface area contributed by atoms with E-state index in [1.54, 1.807) is 31.2 Å². The molecule has 0 aliphatic carbocycles. The van der Waals surface area contributed by atoms with Gasteiger partial charge in [0.2, 0.25) is 0 Å². The average Bonchev–Trinajstić information content (AvgIpc) is 2.35. The van der Waals surface area contributed by atoms with Crippen LogP contribution in [0.2, 0.25) is 0 Å². The van der Waals surface area contributed by atoms with Crippen molar-refractivity contribution in [1.29, 1.82) is 0 Å². The topological polar surface area (TPSA) is 64.6 Å². The van der Waals surface area contributed by atoms with Gasteiger partial charge in [-0.15, -0.1) is 0 Å². The lowest BCUT2D eigenvalue weighted by molar-refractivity contribution is -0.139. The number of hydrogen-bond donors (Lipinski definition) is 1. The molecule has 1 rings (SSSR count). The Kier molecular flexibility index (Phi) is 5.44. The second-order valence-electron chi connectivity index (χ2n) is 3.54. The summed E-state index contributed by atoms with van der Waals surface area (Å²) in [6, 6.07) is 8.91. The molecule has 18 heavy (non-hydrogen) atoms. The zero-order valence-electron chi connectivity index (χ0n) is 10.1. The standard InChI is InChI=1S/C13H15NO4/c1-10(2)12(15)17-8-9-18-13(16)14-11-6-4-3-5-7-11/h3-7H,1,8-9H2,2H3,(H,14,16). The molecule has 1 amide bonds. The summed E-state index contributed by atoms with van der Waals surface area (Å²) < 4.78 is 9.58. The minimum atomic E-state index is -0.590. The largest absolute Gasteiger partial charge is 0.459 e. The number of amides is 1. The van der Waals surface area contributed by atoms with Gasteiger partial charge in [-0.05, 0) is 19.1 Å². The highest BCUT2D eigenvalue weighted by Gasteiger charge is 2.05. The van der Waals surface area contributed by atoms with Crippen LogP contribution < -0.4 is 5.32 Å². The van der Waals surface area contributed by atoms with Crippen LogP contribution in [0.25, 0.3) is 0 Å². The molecule has 1 aromatic rings. The van der Waals surface area contributed by atoms with E-state index in [4.69, 9.17) is 9.47 Å². The first kappa shape index (κ1) is 13.8. The minimum absolute atomic E-state index is 0.00229. The highest BCUT2D eigenvalue weighted by Crippen LogP contribution is 2.05. The summed E-state index contributed by atoms with van der Waals surface area (Å²) in [6.07, 6.45) is -0.590. The maximum absolute atomic E-state index is 11.3. The molecule has 96 valence electrons. The fourth-order valence-electron chi connectivity index (χ4n) is 1.07. The smallest absolute Gasteiger partial charge is 0.411 e. The predicted molar refractivity (Wildman–Crippen MR) is 67.2 cm³/mol. The molecular weight excluding hydrogens is 234 g/mol. The zero-order chi connectivity index (χ0) is 13.4. The second-order valence-corrected chi connectivity index (χ2v) is 3.54. The van der Waals surface area contributed by atoms with Crippen LogP contribution in [0.1, 0.15) is 6.92 Å². The number of carbonyl (C=O) groups excluding carboxylic acids is 2. The maximum Gasteiger partial charge on any atom is 0.411 e. The molecule has 0 aromatic heterocycles. The van der Waals surface area contributed by atoms with Gasteiger partial charge < -0.3 is 9.47 Å². The highest BCUT2D eigenvalue weighted by molar-refractivity contribution is 5.87. The zero-order valence-corrected chi connectivity index (χ0v) is 10.1. The third kappa shape index (κ3) is 5.16. The molecule has 0 bridgehead atoms. The number of benzene rings is 1. The molecule has 0 saturated carbocycles. The van der Waals surface area contributed by atoms with E-state index in [1.807, 2.05) is 6.07 Å². The van der Waals surface area contributed by atoms with Crippen molar-refractivity contribution < 1.29 is 19.1 Å². The number of hydrogen-bond acceptors (Lipinski definition) is 4. The fourth-order valence-corrected chi connectivity index (χ4v) is 1.07. The van der Waals surface area contributed by atoms with E-state index in [2.05, 4.69) is 11.9 Å². The Morgan fingerprint density at radius 1 is 1.17 bits per heavy atom. The summed E-state index contributed by atoms with van der Waals surface area (Å²) in [5, 5.41) is 2.53. The molecule has 1 aromatic carbocycles. The third-order valence-electron chi connectivity index (χ3n) is 1.92. The van der Waals surface area contributed by atoms with Crippen LogP contribution in [0.3, 0.4) is 0 Å². The van der Waals surface area contributed by atoms with Crippen LogP contribution in [-0.2, 0) is 14.3 Å². The first-order valence-electron chi connectivity index (χ1n) is 5.41. The normalized spacial score (nSPS) is 9.39. The van der Waals surface area contributed by atoms with Crippen molar-refractivity contribution in [3.8, 4) is 0 Å². The van der Waals surface area contributed by atoms with Gasteiger partial charge in [-0.1, -0.05) is 24.8 Å². The van der Waals surface area contributed by atoms with Gasteiger partial charge >= 0.3 is 12.1 Å². The monoisotopic (exact) mass is 249 g/mol. The van der Waals surface area contributed by atoms with Crippen molar-refractivity contribution in [3.63, 3.8) is 0 Å². The van der Waals surface area contributed by atoms with Gasteiger partial charge in [0, 0.05) is 11.3 Å². The summed E-state index contributed by atoms with van der Waals surface area (Å²) in [4.78, 5) is 22.3. The minimum Gasteiger partial charge on any atom is -0.459 e. The highest BCUT2D eigenvalue weighted by atomic mass is 16.6. The molecule has 0 unspecified atom stereocenters. The molecule has 0 radical (unpaired) electrons. The van der Waals surface area contributed by atoms with Gasteiger partial charge in [0.25, 0.3) is 0 Å². The number of anilines is 1. The lowest BCUT2D eigenvalue weighted by atomic mass is 10.3. The fraction of sp³-hybridized carbons (Fsp3) is 0.231. The van der Waals surface area contributed by atoms with Crippen LogP contribution >= 0.6 is 0 Å². The molecule has 0 fully saturated rings. The van der Waals surface area contributed by atoms with Gasteiger partial charge in [0.15, 0.2) is 0 Å². The van der Waals surface area contributed by atoms with E-state index >= 15 is 0 Å². The van der Waals surface area contributed by atoms with Crippen molar-refractivity contribution in [1.82, 2.24) is 0 Å². The van der Waals surface area contributed by atoms with Crippen molar-refractivity contribution >= 4 is 17.7 Å². The quantitative estimate of drug-likeness (QED) is 0.494. The van der Waals surface area contributed by atoms with Crippen LogP contribution in [0.15, 0.2) is 42.5 Å². The Balaban J connectivity index is 2.18. The third-order valence-corrected chi connectivity index (χ3v) is 1.92. The SMILES string of the molecule is C=C(C)C(=O)OCCOC(=O)Nc1ccccc1. The molecule has 1 N–H and O–H groups in total. The summed E-state index contributed by atoms with van der Waals surface area (Å²) in [7, 11) is 0.